The van der Waals surface area contributed by atoms with Crippen molar-refractivity contribution in [3.05, 3.63) is 45.0 Å². The minimum atomic E-state index is -0.306. The summed E-state index contributed by atoms with van der Waals surface area (Å²) in [6, 6.07) is 7.05. The van der Waals surface area contributed by atoms with Crippen LogP contribution in [-0.2, 0) is 0 Å². The topological polar surface area (TPSA) is 80.9 Å². The van der Waals surface area contributed by atoms with Gasteiger partial charge in [0.05, 0.1) is 10.7 Å². The zero-order chi connectivity index (χ0) is 15.7. The van der Waals surface area contributed by atoms with Gasteiger partial charge in [-0.1, -0.05) is 21.0 Å². The molecule has 22 heavy (non-hydrogen) atoms. The zero-order valence-corrected chi connectivity index (χ0v) is 14.2. The second-order valence-corrected chi connectivity index (χ2v) is 6.64. The van der Waals surface area contributed by atoms with Crippen LogP contribution in [0.1, 0.15) is 21.1 Å². The maximum atomic E-state index is 12.1. The lowest BCUT2D eigenvalue weighted by molar-refractivity contribution is 0.102. The molecule has 2 aromatic heterocycles. The Kier molecular flexibility index (Phi) is 4.04. The highest BCUT2D eigenvalue weighted by molar-refractivity contribution is 9.10. The van der Waals surface area contributed by atoms with Gasteiger partial charge >= 0.3 is 6.01 Å². The molecule has 1 amide bonds. The Labute approximate surface area is 138 Å². The fraction of sp³-hybridized carbons (Fsp3) is 0.143. The van der Waals surface area contributed by atoms with E-state index in [1.807, 2.05) is 13.8 Å². The molecule has 3 rings (SSSR count). The van der Waals surface area contributed by atoms with E-state index in [0.29, 0.717) is 11.5 Å². The molecular formula is C14H11BrN4O2S. The maximum Gasteiger partial charge on any atom is 0.322 e. The van der Waals surface area contributed by atoms with Gasteiger partial charge in [-0.25, -0.2) is 4.98 Å². The molecule has 0 spiro atoms. The molecule has 3 aromatic rings. The molecule has 0 atom stereocenters. The molecule has 0 aliphatic rings. The Morgan fingerprint density at radius 2 is 1.95 bits per heavy atom. The number of halogens is 1. The van der Waals surface area contributed by atoms with Gasteiger partial charge in [-0.15, -0.1) is 16.4 Å². The van der Waals surface area contributed by atoms with Gasteiger partial charge < -0.3 is 4.42 Å². The van der Waals surface area contributed by atoms with Crippen LogP contribution in [0.25, 0.3) is 10.8 Å². The predicted octanol–water partition coefficient (Wildman–Crippen LogP) is 3.82. The second-order valence-electron chi connectivity index (χ2n) is 4.52. The van der Waals surface area contributed by atoms with Crippen LogP contribution in [0.2, 0.25) is 0 Å². The minimum Gasteiger partial charge on any atom is -0.402 e. The van der Waals surface area contributed by atoms with Crippen LogP contribution in [0, 0.1) is 13.8 Å². The number of carbonyl (C=O) groups excluding carboxylic acids is 1. The second kappa shape index (κ2) is 5.98. The molecule has 0 aliphatic heterocycles. The Bertz CT molecular complexity index is 826. The molecule has 0 bridgehead atoms. The number of aryl methyl sites for hydroxylation is 2. The van der Waals surface area contributed by atoms with E-state index in [-0.39, 0.29) is 11.9 Å². The smallest absolute Gasteiger partial charge is 0.322 e. The molecule has 1 N–H and O–H groups in total. The highest BCUT2D eigenvalue weighted by Crippen LogP contribution is 2.29. The van der Waals surface area contributed by atoms with Crippen LogP contribution < -0.4 is 5.32 Å². The van der Waals surface area contributed by atoms with E-state index in [9.17, 15) is 4.79 Å². The number of thiazole rings is 1. The van der Waals surface area contributed by atoms with Gasteiger partial charge in [0.1, 0.15) is 4.88 Å². The standard InChI is InChI=1S/C14H11BrN4O2S/c1-7-11(22-8(2)16-7)13-18-19-14(21-13)17-12(20)9-3-5-10(15)6-4-9/h3-6H,1-2H3,(H,17,19,20). The third kappa shape index (κ3) is 3.07. The first-order valence-corrected chi connectivity index (χ1v) is 7.98. The largest absolute Gasteiger partial charge is 0.402 e. The fourth-order valence-corrected chi connectivity index (χ4v) is 2.97. The van der Waals surface area contributed by atoms with Crippen LogP contribution in [0.15, 0.2) is 33.2 Å². The Morgan fingerprint density at radius 3 is 2.59 bits per heavy atom. The molecule has 0 saturated heterocycles. The Morgan fingerprint density at radius 1 is 1.23 bits per heavy atom. The van der Waals surface area contributed by atoms with Crippen molar-refractivity contribution in [3.8, 4) is 10.8 Å². The highest BCUT2D eigenvalue weighted by atomic mass is 79.9. The SMILES string of the molecule is Cc1nc(C)c(-c2nnc(NC(=O)c3ccc(Br)cc3)o2)s1. The lowest BCUT2D eigenvalue weighted by atomic mass is 10.2. The van der Waals surface area contributed by atoms with Gasteiger partial charge in [-0.05, 0) is 38.1 Å². The van der Waals surface area contributed by atoms with Crippen molar-refractivity contribution in [1.82, 2.24) is 15.2 Å². The molecule has 0 saturated carbocycles. The number of nitrogens with one attached hydrogen (secondary N) is 1. The first-order chi connectivity index (χ1) is 10.5. The van der Waals surface area contributed by atoms with Crippen molar-refractivity contribution >= 4 is 39.2 Å². The van der Waals surface area contributed by atoms with Gasteiger partial charge in [-0.3, -0.25) is 10.1 Å². The van der Waals surface area contributed by atoms with Gasteiger partial charge in [0.2, 0.25) is 0 Å². The number of rotatable bonds is 3. The summed E-state index contributed by atoms with van der Waals surface area (Å²) in [7, 11) is 0. The van der Waals surface area contributed by atoms with Crippen molar-refractivity contribution in [3.63, 3.8) is 0 Å². The third-order valence-electron chi connectivity index (χ3n) is 2.85. The molecular weight excluding hydrogens is 368 g/mol. The van der Waals surface area contributed by atoms with Crippen LogP contribution in [-0.4, -0.2) is 21.1 Å². The average Bonchev–Trinajstić information content (AvgIpc) is 3.06. The minimum absolute atomic E-state index is 0.0633. The van der Waals surface area contributed by atoms with E-state index in [4.69, 9.17) is 4.42 Å². The fourth-order valence-electron chi connectivity index (χ4n) is 1.87. The quantitative estimate of drug-likeness (QED) is 0.748. The Hall–Kier alpha value is -2.06. The lowest BCUT2D eigenvalue weighted by Gasteiger charge is -2.00. The molecule has 112 valence electrons. The van der Waals surface area contributed by atoms with E-state index >= 15 is 0 Å². The van der Waals surface area contributed by atoms with Crippen LogP contribution in [0.3, 0.4) is 0 Å². The van der Waals surface area contributed by atoms with Crippen molar-refractivity contribution in [1.29, 1.82) is 0 Å². The number of hydrogen-bond donors (Lipinski definition) is 1. The summed E-state index contributed by atoms with van der Waals surface area (Å²) in [6.45, 7) is 3.79. The number of nitrogens with zero attached hydrogens (tertiary/aromatic N) is 3. The number of aromatic nitrogens is 3. The van der Waals surface area contributed by atoms with Crippen molar-refractivity contribution in [2.24, 2.45) is 0 Å². The first-order valence-electron chi connectivity index (χ1n) is 6.38. The molecule has 0 aliphatic carbocycles. The number of carbonyl (C=O) groups is 1. The molecule has 0 unspecified atom stereocenters. The monoisotopic (exact) mass is 378 g/mol. The predicted molar refractivity (Wildman–Crippen MR) is 87.0 cm³/mol. The summed E-state index contributed by atoms with van der Waals surface area (Å²) >= 11 is 4.79. The molecule has 8 heteroatoms. The normalized spacial score (nSPS) is 10.7. The summed E-state index contributed by atoms with van der Waals surface area (Å²) in [4.78, 5) is 17.2. The van der Waals surface area contributed by atoms with E-state index < -0.39 is 0 Å². The Balaban J connectivity index is 1.78. The number of amides is 1. The first kappa shape index (κ1) is 14.9. The maximum absolute atomic E-state index is 12.1. The molecule has 1 aromatic carbocycles. The van der Waals surface area contributed by atoms with Crippen molar-refractivity contribution < 1.29 is 9.21 Å². The third-order valence-corrected chi connectivity index (χ3v) is 4.44. The van der Waals surface area contributed by atoms with Crippen molar-refractivity contribution in [2.75, 3.05) is 5.32 Å². The number of anilines is 1. The summed E-state index contributed by atoms with van der Waals surface area (Å²) < 4.78 is 6.39. The molecule has 2 heterocycles. The van der Waals surface area contributed by atoms with Gasteiger partial charge in [0.25, 0.3) is 11.8 Å². The van der Waals surface area contributed by atoms with Gasteiger partial charge in [0.15, 0.2) is 0 Å². The van der Waals surface area contributed by atoms with Gasteiger partial charge in [0, 0.05) is 10.0 Å². The van der Waals surface area contributed by atoms with E-state index in [2.05, 4.69) is 36.4 Å². The summed E-state index contributed by atoms with van der Waals surface area (Å²) in [5, 5.41) is 11.3. The van der Waals surface area contributed by atoms with Gasteiger partial charge in [-0.2, -0.15) is 0 Å². The highest BCUT2D eigenvalue weighted by Gasteiger charge is 2.16. The summed E-state index contributed by atoms with van der Waals surface area (Å²) in [6.07, 6.45) is 0. The van der Waals surface area contributed by atoms with E-state index in [1.54, 1.807) is 24.3 Å². The van der Waals surface area contributed by atoms with Crippen LogP contribution >= 0.6 is 27.3 Å². The zero-order valence-electron chi connectivity index (χ0n) is 11.8. The molecule has 0 radical (unpaired) electrons. The average molecular weight is 379 g/mol. The number of benzene rings is 1. The molecule has 0 fully saturated rings. The summed E-state index contributed by atoms with van der Waals surface area (Å²) in [5.74, 6) is 0.0501. The lowest BCUT2D eigenvalue weighted by Crippen LogP contribution is -2.11. The van der Waals surface area contributed by atoms with E-state index in [1.165, 1.54) is 11.3 Å². The van der Waals surface area contributed by atoms with Crippen LogP contribution in [0.4, 0.5) is 6.01 Å². The van der Waals surface area contributed by atoms with E-state index in [0.717, 1.165) is 20.1 Å². The molecule has 6 nitrogen and oxygen atoms in total. The van der Waals surface area contributed by atoms with Crippen molar-refractivity contribution in [2.45, 2.75) is 13.8 Å². The van der Waals surface area contributed by atoms with Crippen LogP contribution in [0.5, 0.6) is 0 Å². The number of hydrogen-bond acceptors (Lipinski definition) is 6. The summed E-state index contributed by atoms with van der Waals surface area (Å²) in [5.41, 5.74) is 1.34.